The van der Waals surface area contributed by atoms with Crippen molar-refractivity contribution in [3.63, 3.8) is 0 Å². The minimum atomic E-state index is -2.77. The summed E-state index contributed by atoms with van der Waals surface area (Å²) in [5, 5.41) is 8.97. The van der Waals surface area contributed by atoms with E-state index in [4.69, 9.17) is 9.47 Å². The highest BCUT2D eigenvalue weighted by Gasteiger charge is 2.38. The maximum absolute atomic E-state index is 13.9. The van der Waals surface area contributed by atoms with Crippen molar-refractivity contribution in [2.24, 2.45) is 5.92 Å². The topological polar surface area (TPSA) is 103 Å². The Morgan fingerprint density at radius 1 is 1.11 bits per heavy atom. The van der Waals surface area contributed by atoms with E-state index < -0.39 is 18.3 Å². The zero-order valence-electron chi connectivity index (χ0n) is 26.4. The van der Waals surface area contributed by atoms with Crippen LogP contribution in [0, 0.1) is 12.8 Å². The van der Waals surface area contributed by atoms with Crippen LogP contribution in [0.25, 0.3) is 22.3 Å². The highest BCUT2D eigenvalue weighted by molar-refractivity contribution is 5.87. The van der Waals surface area contributed by atoms with Gasteiger partial charge in [0.25, 0.3) is 0 Å². The molecule has 0 radical (unpaired) electrons. The average Bonchev–Trinajstić information content (AvgIpc) is 3.56. The Balaban J connectivity index is 1.13. The summed E-state index contributed by atoms with van der Waals surface area (Å²) >= 11 is 0. The van der Waals surface area contributed by atoms with Crippen molar-refractivity contribution >= 4 is 17.1 Å². The van der Waals surface area contributed by atoms with Crippen molar-refractivity contribution in [1.29, 1.82) is 0 Å². The van der Waals surface area contributed by atoms with Crippen molar-refractivity contribution in [2.45, 2.75) is 78.3 Å². The number of nitrogens with zero attached hydrogens (tertiary/aromatic N) is 8. The highest BCUT2D eigenvalue weighted by Crippen LogP contribution is 2.37. The van der Waals surface area contributed by atoms with E-state index in [9.17, 15) is 13.6 Å². The zero-order chi connectivity index (χ0) is 31.9. The van der Waals surface area contributed by atoms with Gasteiger partial charge in [-0.2, -0.15) is 8.78 Å². The van der Waals surface area contributed by atoms with Crippen LogP contribution in [0.2, 0.25) is 0 Å². The fraction of sp³-hybridized carbons (Fsp3) is 0.531. The molecule has 3 aromatic heterocycles. The predicted molar refractivity (Wildman–Crippen MR) is 164 cm³/mol. The van der Waals surface area contributed by atoms with Crippen LogP contribution < -0.4 is 4.74 Å². The maximum Gasteiger partial charge on any atom is 0.410 e. The predicted octanol–water partition coefficient (Wildman–Crippen LogP) is 5.86. The van der Waals surface area contributed by atoms with Crippen LogP contribution >= 0.6 is 0 Å². The summed E-state index contributed by atoms with van der Waals surface area (Å²) in [7, 11) is 0. The fourth-order valence-corrected chi connectivity index (χ4v) is 6.08. The lowest BCUT2D eigenvalue weighted by molar-refractivity contribution is -0.0222. The summed E-state index contributed by atoms with van der Waals surface area (Å²) in [5.41, 5.74) is 3.05. The van der Waals surface area contributed by atoms with Crippen LogP contribution in [0.4, 0.5) is 13.6 Å². The Labute approximate surface area is 261 Å². The number of rotatable bonds is 8. The van der Waals surface area contributed by atoms with E-state index >= 15 is 0 Å². The van der Waals surface area contributed by atoms with Crippen LogP contribution in [0.1, 0.15) is 64.6 Å². The SMILES string of the molecule is Cc1c(-c2cc(O[C@H](C)c3ccccn3)c3c(c2)ncn3C(F)F)nnn1CC1CCN(C2CN(C(=O)OC(C)(C)C)C2)CC1. The van der Waals surface area contributed by atoms with Gasteiger partial charge >= 0.3 is 12.6 Å². The quantitative estimate of drug-likeness (QED) is 0.241. The van der Waals surface area contributed by atoms with Crippen LogP contribution in [-0.2, 0) is 11.3 Å². The molecule has 0 saturated carbocycles. The summed E-state index contributed by atoms with van der Waals surface area (Å²) in [6.07, 6.45) is 4.13. The molecular formula is C32H40F2N8O3. The van der Waals surface area contributed by atoms with Crippen LogP contribution in [0.3, 0.4) is 0 Å². The number of carbonyl (C=O) groups excluding carboxylic acids is 1. The molecule has 2 saturated heterocycles. The van der Waals surface area contributed by atoms with Crippen LogP contribution in [0.5, 0.6) is 5.75 Å². The molecule has 240 valence electrons. The lowest BCUT2D eigenvalue weighted by Gasteiger charge is -2.47. The molecule has 0 aliphatic carbocycles. The first-order valence-electron chi connectivity index (χ1n) is 15.5. The first-order valence-corrected chi connectivity index (χ1v) is 15.5. The molecular weight excluding hydrogens is 582 g/mol. The molecule has 0 bridgehead atoms. The van der Waals surface area contributed by atoms with E-state index in [-0.39, 0.29) is 17.4 Å². The molecule has 1 aromatic carbocycles. The minimum absolute atomic E-state index is 0.217. The van der Waals surface area contributed by atoms with Gasteiger partial charge in [-0.1, -0.05) is 11.3 Å². The molecule has 0 unspecified atom stereocenters. The molecule has 2 fully saturated rings. The van der Waals surface area contributed by atoms with Gasteiger partial charge in [-0.05, 0) is 90.7 Å². The third kappa shape index (κ3) is 6.63. The van der Waals surface area contributed by atoms with Crippen molar-refractivity contribution in [1.82, 2.24) is 39.3 Å². The second-order valence-electron chi connectivity index (χ2n) is 13.0. The fourth-order valence-electron chi connectivity index (χ4n) is 6.08. The van der Waals surface area contributed by atoms with Gasteiger partial charge in [0, 0.05) is 37.4 Å². The maximum atomic E-state index is 13.9. The van der Waals surface area contributed by atoms with Crippen LogP contribution in [0.15, 0.2) is 42.9 Å². The first kappa shape index (κ1) is 30.9. The molecule has 6 rings (SSSR count). The van der Waals surface area contributed by atoms with Gasteiger partial charge in [0.2, 0.25) is 0 Å². The van der Waals surface area contributed by atoms with E-state index in [0.717, 1.165) is 49.1 Å². The van der Waals surface area contributed by atoms with Gasteiger partial charge in [0.15, 0.2) is 0 Å². The molecule has 11 nitrogen and oxygen atoms in total. The van der Waals surface area contributed by atoms with Crippen molar-refractivity contribution in [2.75, 3.05) is 26.2 Å². The molecule has 0 N–H and O–H groups in total. The summed E-state index contributed by atoms with van der Waals surface area (Å²) < 4.78 is 42.2. The summed E-state index contributed by atoms with van der Waals surface area (Å²) in [5.74, 6) is 0.722. The van der Waals surface area contributed by atoms with Crippen molar-refractivity contribution < 1.29 is 23.0 Å². The number of alkyl halides is 2. The molecule has 2 aliphatic heterocycles. The number of pyridine rings is 1. The molecule has 13 heteroatoms. The smallest absolute Gasteiger partial charge is 0.410 e. The van der Waals surface area contributed by atoms with Gasteiger partial charge < -0.3 is 14.4 Å². The van der Waals surface area contributed by atoms with E-state index in [0.29, 0.717) is 47.5 Å². The Morgan fingerprint density at radius 3 is 2.53 bits per heavy atom. The Morgan fingerprint density at radius 2 is 1.87 bits per heavy atom. The third-order valence-electron chi connectivity index (χ3n) is 8.62. The molecule has 1 atom stereocenters. The van der Waals surface area contributed by atoms with E-state index in [1.165, 1.54) is 0 Å². The lowest BCUT2D eigenvalue weighted by Crippen LogP contribution is -2.62. The largest absolute Gasteiger partial charge is 0.482 e. The van der Waals surface area contributed by atoms with Gasteiger partial charge in [-0.15, -0.1) is 5.10 Å². The molecule has 4 aromatic rings. The minimum Gasteiger partial charge on any atom is -0.482 e. The molecule has 0 spiro atoms. The third-order valence-corrected chi connectivity index (χ3v) is 8.62. The molecule has 5 heterocycles. The number of likely N-dealkylation sites (tertiary alicyclic amines) is 2. The van der Waals surface area contributed by atoms with E-state index in [2.05, 4.69) is 25.2 Å². The summed E-state index contributed by atoms with van der Waals surface area (Å²) in [6, 6.07) is 9.37. The van der Waals surface area contributed by atoms with Gasteiger partial charge in [-0.25, -0.2) is 14.5 Å². The number of carbonyl (C=O) groups is 1. The van der Waals surface area contributed by atoms with Gasteiger partial charge in [-0.3, -0.25) is 14.5 Å². The Bertz CT molecular complexity index is 1640. The van der Waals surface area contributed by atoms with Crippen molar-refractivity contribution in [3.05, 3.63) is 54.2 Å². The monoisotopic (exact) mass is 622 g/mol. The summed E-state index contributed by atoms with van der Waals surface area (Å²) in [6.45, 7) is 10.8. The van der Waals surface area contributed by atoms with E-state index in [1.54, 1.807) is 23.2 Å². The highest BCUT2D eigenvalue weighted by atomic mass is 19.3. The average molecular weight is 623 g/mol. The number of aromatic nitrogens is 6. The van der Waals surface area contributed by atoms with E-state index in [1.807, 2.05) is 57.5 Å². The number of hydrogen-bond donors (Lipinski definition) is 0. The second kappa shape index (κ2) is 12.3. The first-order chi connectivity index (χ1) is 21.5. The number of imidazole rings is 1. The molecule has 45 heavy (non-hydrogen) atoms. The van der Waals surface area contributed by atoms with Crippen molar-refractivity contribution in [3.8, 4) is 17.0 Å². The number of benzene rings is 1. The standard InChI is InChI=1S/C32H40F2N8O3/c1-20-28(23-14-26-29(41(19-36-26)30(33)34)27(15-23)44-21(2)25-8-6-7-11-35-25)37-38-42(20)16-22-9-12-39(13-10-22)24-17-40(18-24)31(43)45-32(3,4)5/h6-8,11,14-15,19,21-22,24,30H,9-10,12-13,16-18H2,1-5H3/t21-/m1/s1. The number of halogens is 2. The normalized spacial score (nSPS) is 17.6. The number of fused-ring (bicyclic) bond motifs is 1. The molecule has 1 amide bonds. The Kier molecular flexibility index (Phi) is 8.47. The Hall–Kier alpha value is -4.13. The number of hydrogen-bond acceptors (Lipinski definition) is 8. The number of amides is 1. The van der Waals surface area contributed by atoms with Crippen LogP contribution in [-0.4, -0.2) is 83.2 Å². The summed E-state index contributed by atoms with van der Waals surface area (Å²) in [4.78, 5) is 25.2. The molecule has 2 aliphatic rings. The number of ether oxygens (including phenoxy) is 2. The van der Waals surface area contributed by atoms with Gasteiger partial charge in [0.1, 0.15) is 35.0 Å². The second-order valence-corrected chi connectivity index (χ2v) is 13.0. The zero-order valence-corrected chi connectivity index (χ0v) is 26.4. The lowest BCUT2D eigenvalue weighted by atomic mass is 9.94. The number of piperidine rings is 1. The van der Waals surface area contributed by atoms with Gasteiger partial charge in [0.05, 0.1) is 16.9 Å².